The Hall–Kier alpha value is -0.940. The molecule has 2 saturated heterocycles. The largest absolute Gasteiger partial charge is 0.475 e. The number of carbonyl (C=O) groups is 2. The van der Waals surface area contributed by atoms with Gasteiger partial charge in [-0.05, 0) is 83.1 Å². The van der Waals surface area contributed by atoms with Crippen LogP contribution in [0.4, 0.5) is 9.59 Å². The molecule has 6 atom stereocenters. The van der Waals surface area contributed by atoms with Crippen molar-refractivity contribution in [1.82, 2.24) is 9.80 Å². The summed E-state index contributed by atoms with van der Waals surface area (Å²) in [6.45, 7) is 21.1. The zero-order valence-corrected chi connectivity index (χ0v) is 35.9. The molecule has 0 spiro atoms. The predicted octanol–water partition coefficient (Wildman–Crippen LogP) is 6.55. The quantitative estimate of drug-likeness (QED) is 0.297. The molecule has 14 nitrogen and oxygen atoms in total. The Kier molecular flexibility index (Phi) is 13.3. The van der Waals surface area contributed by atoms with Gasteiger partial charge in [-0.25, -0.2) is 19.6 Å². The van der Waals surface area contributed by atoms with Gasteiger partial charge in [0.25, 0.3) is 7.59 Å². The van der Waals surface area contributed by atoms with Gasteiger partial charge in [-0.1, -0.05) is 69.6 Å². The first-order valence-electron chi connectivity index (χ1n) is 16.4. The maximum atomic E-state index is 12.7. The predicted molar refractivity (Wildman–Crippen MR) is 200 cm³/mol. The molecule has 4 aliphatic heterocycles. The van der Waals surface area contributed by atoms with Crippen molar-refractivity contribution < 1.29 is 48.2 Å². The van der Waals surface area contributed by atoms with Crippen molar-refractivity contribution in [2.45, 2.75) is 149 Å². The molecule has 300 valence electrons. The number of hydrogen-bond donors (Lipinski definition) is 2. The lowest BCUT2D eigenvalue weighted by molar-refractivity contribution is -0.0726. The van der Waals surface area contributed by atoms with Crippen LogP contribution in [0.15, 0.2) is 9.98 Å². The Balaban J connectivity index is 0.000000280. The highest BCUT2D eigenvalue weighted by Crippen LogP contribution is 2.41. The van der Waals surface area contributed by atoms with E-state index in [1.165, 1.54) is 9.80 Å². The first-order valence-corrected chi connectivity index (χ1v) is 18.7. The molecule has 0 aromatic carbocycles. The number of hydrogen-bond acceptors (Lipinski definition) is 12. The lowest BCUT2D eigenvalue weighted by Crippen LogP contribution is -2.58. The minimum Gasteiger partial charge on any atom is -0.475 e. The van der Waals surface area contributed by atoms with E-state index in [9.17, 15) is 19.8 Å². The van der Waals surface area contributed by atoms with Gasteiger partial charge in [-0.15, -0.1) is 0 Å². The summed E-state index contributed by atoms with van der Waals surface area (Å²) in [5.74, 6) is -0.183. The maximum Gasteiger partial charge on any atom is 0.412 e. The second kappa shape index (κ2) is 15.2. The molecular weight excluding hydrogens is 813 g/mol. The van der Waals surface area contributed by atoms with Gasteiger partial charge in [0.1, 0.15) is 59.2 Å². The van der Waals surface area contributed by atoms with Gasteiger partial charge in [0.15, 0.2) is 0 Å². The Morgan fingerprint density at radius 1 is 0.673 bits per heavy atom. The number of aliphatic hydroxyl groups excluding tert-OH is 2. The summed E-state index contributed by atoms with van der Waals surface area (Å²) in [5, 5.41) is 22.0. The van der Waals surface area contributed by atoms with E-state index in [4.69, 9.17) is 98.0 Å². The molecule has 52 heavy (non-hydrogen) atoms. The number of aliphatic hydroxyl groups is 2. The molecule has 2 amide bonds. The first kappa shape index (κ1) is 45.4. The summed E-state index contributed by atoms with van der Waals surface area (Å²) in [5.41, 5.74) is -5.49. The van der Waals surface area contributed by atoms with Crippen molar-refractivity contribution in [2.24, 2.45) is 9.98 Å². The van der Waals surface area contributed by atoms with Crippen molar-refractivity contribution in [3.05, 3.63) is 0 Å². The van der Waals surface area contributed by atoms with Crippen molar-refractivity contribution in [3.63, 3.8) is 0 Å². The van der Waals surface area contributed by atoms with E-state index < -0.39 is 77.8 Å². The molecule has 4 rings (SSSR count). The monoisotopic (exact) mass is 860 g/mol. The Morgan fingerprint density at radius 3 is 1.19 bits per heavy atom. The van der Waals surface area contributed by atoms with Crippen LogP contribution in [-0.4, -0.2) is 136 Å². The molecule has 0 aliphatic carbocycles. The fourth-order valence-electron chi connectivity index (χ4n) is 5.91. The van der Waals surface area contributed by atoms with Crippen molar-refractivity contribution >= 4 is 93.6 Å². The Labute approximate surface area is 335 Å². The molecule has 20 heteroatoms. The van der Waals surface area contributed by atoms with E-state index in [1.807, 2.05) is 0 Å². The third kappa shape index (κ3) is 10.7. The smallest absolute Gasteiger partial charge is 0.412 e. The number of carbonyl (C=O) groups excluding carboxylic acids is 2. The zero-order valence-electron chi connectivity index (χ0n) is 31.4. The van der Waals surface area contributed by atoms with Crippen LogP contribution in [0.2, 0.25) is 0 Å². The zero-order chi connectivity index (χ0) is 40.3. The molecule has 0 unspecified atom stereocenters. The van der Waals surface area contributed by atoms with Crippen molar-refractivity contribution in [3.8, 4) is 0 Å². The van der Waals surface area contributed by atoms with Crippen LogP contribution in [0.3, 0.4) is 0 Å². The van der Waals surface area contributed by atoms with Crippen molar-refractivity contribution in [1.29, 1.82) is 0 Å². The number of aliphatic imine (C=N–C) groups is 2. The van der Waals surface area contributed by atoms with Crippen LogP contribution in [0, 0.1) is 0 Å². The van der Waals surface area contributed by atoms with Gasteiger partial charge in [0.05, 0.1) is 25.3 Å². The second-order valence-corrected chi connectivity index (χ2v) is 20.9. The molecule has 0 bridgehead atoms. The molecule has 0 aromatic heterocycles. The van der Waals surface area contributed by atoms with Crippen LogP contribution in [0.1, 0.15) is 83.1 Å². The van der Waals surface area contributed by atoms with Gasteiger partial charge < -0.3 is 38.6 Å². The highest BCUT2D eigenvalue weighted by Gasteiger charge is 2.57. The standard InChI is InChI=1S/2C16H25Cl3N2O5/c2*1-13(2,3)26-12(23)21-9(7-25-14(21,4)5)10(22)15(6)8-24-11(20-15)16(17,18)19/h2*9-10,22H,7-8H2,1-6H3/t2*9-,10+,15+/m11/s1. The van der Waals surface area contributed by atoms with Crippen LogP contribution in [0.5, 0.6) is 0 Å². The fourth-order valence-corrected chi connectivity index (χ4v) is 6.49. The van der Waals surface area contributed by atoms with Gasteiger partial charge in [-0.3, -0.25) is 9.80 Å². The summed E-state index contributed by atoms with van der Waals surface area (Å²) in [4.78, 5) is 36.7. The third-order valence-corrected chi connectivity index (χ3v) is 9.39. The van der Waals surface area contributed by atoms with Crippen LogP contribution in [0.25, 0.3) is 0 Å². The van der Waals surface area contributed by atoms with E-state index in [2.05, 4.69) is 9.98 Å². The van der Waals surface area contributed by atoms with E-state index in [-0.39, 0.29) is 38.2 Å². The molecule has 0 radical (unpaired) electrons. The highest BCUT2D eigenvalue weighted by molar-refractivity contribution is 6.76. The summed E-state index contributed by atoms with van der Waals surface area (Å²) < 4.78 is 29.5. The number of ether oxygens (including phenoxy) is 6. The Morgan fingerprint density at radius 2 is 0.962 bits per heavy atom. The van der Waals surface area contributed by atoms with E-state index >= 15 is 0 Å². The molecule has 4 heterocycles. The molecule has 0 aromatic rings. The van der Waals surface area contributed by atoms with E-state index in [0.717, 1.165) is 0 Å². The minimum atomic E-state index is -1.83. The molecule has 0 saturated carbocycles. The van der Waals surface area contributed by atoms with Gasteiger partial charge in [0, 0.05) is 0 Å². The number of rotatable bonds is 4. The number of nitrogens with zero attached hydrogens (tertiary/aromatic N) is 4. The summed E-state index contributed by atoms with van der Waals surface area (Å²) in [6, 6.07) is -1.40. The maximum absolute atomic E-state index is 12.7. The van der Waals surface area contributed by atoms with E-state index in [1.54, 1.807) is 83.1 Å². The van der Waals surface area contributed by atoms with Gasteiger partial charge in [0.2, 0.25) is 11.8 Å². The lowest BCUT2D eigenvalue weighted by atomic mass is 9.90. The fraction of sp³-hybridized carbons (Fsp3) is 0.875. The first-order chi connectivity index (χ1) is 23.1. The summed E-state index contributed by atoms with van der Waals surface area (Å²) in [6.07, 6.45) is -3.42. The van der Waals surface area contributed by atoms with Crippen LogP contribution >= 0.6 is 69.6 Å². The number of halogens is 6. The topological polar surface area (TPSA) is 161 Å². The molecule has 2 fully saturated rings. The second-order valence-electron chi connectivity index (χ2n) is 16.4. The van der Waals surface area contributed by atoms with Crippen LogP contribution in [-0.2, 0) is 28.4 Å². The van der Waals surface area contributed by atoms with Crippen LogP contribution < -0.4 is 0 Å². The lowest BCUT2D eigenvalue weighted by Gasteiger charge is -2.39. The molecular formula is C32H50Cl6N4O10. The van der Waals surface area contributed by atoms with E-state index in [0.29, 0.717) is 0 Å². The average molecular weight is 863 g/mol. The Bertz CT molecular complexity index is 1300. The minimum absolute atomic E-state index is 0.0104. The average Bonchev–Trinajstić information content (AvgIpc) is 3.69. The normalized spacial score (nSPS) is 30.0. The highest BCUT2D eigenvalue weighted by atomic mass is 35.6. The summed E-state index contributed by atoms with van der Waals surface area (Å²) >= 11 is 34.9. The number of amides is 2. The van der Waals surface area contributed by atoms with Gasteiger partial charge in [-0.2, -0.15) is 0 Å². The van der Waals surface area contributed by atoms with Gasteiger partial charge >= 0.3 is 12.2 Å². The van der Waals surface area contributed by atoms with Crippen molar-refractivity contribution in [2.75, 3.05) is 26.4 Å². The molecule has 4 aliphatic rings. The third-order valence-electron chi connectivity index (χ3n) is 8.42. The SMILES string of the molecule is CC(C)(C)OC(=O)N1[C@@H]([C@H](O)[C@]2(C)COC(C(Cl)(Cl)Cl)=N2)COC1(C)C.CC(C)(C)OC(=O)N1[C@@H]([C@H](O)[C@]2(C)COC(C(Cl)(Cl)Cl)=N2)COC1(C)C. The number of alkyl halides is 6. The summed E-state index contributed by atoms with van der Waals surface area (Å²) in [7, 11) is 0. The molecule has 2 N–H and O–H groups in total.